The maximum absolute atomic E-state index is 4.45. The zero-order valence-electron chi connectivity index (χ0n) is 11.0. The number of nitrogens with zero attached hydrogens (tertiary/aromatic N) is 2. The van der Waals surface area contributed by atoms with Crippen LogP contribution in [-0.4, -0.2) is 22.4 Å². The highest BCUT2D eigenvalue weighted by molar-refractivity contribution is 5.00. The lowest BCUT2D eigenvalue weighted by Crippen LogP contribution is -2.35. The molecule has 0 fully saturated rings. The molecule has 0 aliphatic rings. The third-order valence-electron chi connectivity index (χ3n) is 3.19. The maximum Gasteiger partial charge on any atom is 0.0627 e. The van der Waals surface area contributed by atoms with Crippen LogP contribution in [0.1, 0.15) is 39.3 Å². The molecule has 0 bridgehead atoms. The fourth-order valence-corrected chi connectivity index (χ4v) is 2.05. The van der Waals surface area contributed by atoms with E-state index < -0.39 is 0 Å². The first kappa shape index (κ1) is 13.2. The molecule has 1 heterocycles. The molecule has 1 aromatic rings. The zero-order valence-corrected chi connectivity index (χ0v) is 11.0. The normalized spacial score (nSPS) is 15.0. The predicted molar refractivity (Wildman–Crippen MR) is 68.4 cm³/mol. The smallest absolute Gasteiger partial charge is 0.0627 e. The highest BCUT2D eigenvalue weighted by Crippen LogP contribution is 2.14. The Bertz CT molecular complexity index is 293. The molecule has 0 amide bonds. The van der Waals surface area contributed by atoms with Gasteiger partial charge in [-0.25, -0.2) is 0 Å². The lowest BCUT2D eigenvalue weighted by atomic mass is 9.93. The van der Waals surface area contributed by atoms with Gasteiger partial charge < -0.3 is 5.32 Å². The van der Waals surface area contributed by atoms with Crippen molar-refractivity contribution in [2.24, 2.45) is 13.0 Å². The Morgan fingerprint density at radius 1 is 1.44 bits per heavy atom. The topological polar surface area (TPSA) is 29.9 Å². The molecule has 92 valence electrons. The summed E-state index contributed by atoms with van der Waals surface area (Å²) in [6.45, 7) is 7.86. The lowest BCUT2D eigenvalue weighted by Gasteiger charge is -2.23. The largest absolute Gasteiger partial charge is 0.314 e. The second kappa shape index (κ2) is 6.69. The fourth-order valence-electron chi connectivity index (χ4n) is 2.05. The molecule has 3 heteroatoms. The molecular formula is C13H25N3. The van der Waals surface area contributed by atoms with Crippen LogP contribution in [0.15, 0.2) is 12.3 Å². The van der Waals surface area contributed by atoms with Crippen molar-refractivity contribution in [2.75, 3.05) is 6.54 Å². The van der Waals surface area contributed by atoms with E-state index in [1.54, 1.807) is 0 Å². The minimum atomic E-state index is 0.576. The molecule has 0 aliphatic heterocycles. The molecule has 1 N–H and O–H groups in total. The molecule has 0 radical (unpaired) electrons. The van der Waals surface area contributed by atoms with Crippen LogP contribution in [0.2, 0.25) is 0 Å². The SMILES string of the molecule is CCCNC(C)C(CC)Cc1ccn(C)n1. The highest BCUT2D eigenvalue weighted by Gasteiger charge is 2.16. The summed E-state index contributed by atoms with van der Waals surface area (Å²) in [5, 5.41) is 8.03. The van der Waals surface area contributed by atoms with E-state index in [9.17, 15) is 0 Å². The third-order valence-corrected chi connectivity index (χ3v) is 3.19. The number of aryl methyl sites for hydroxylation is 1. The molecule has 0 aliphatic carbocycles. The van der Waals surface area contributed by atoms with Crippen LogP contribution in [-0.2, 0) is 13.5 Å². The van der Waals surface area contributed by atoms with Gasteiger partial charge in [0.2, 0.25) is 0 Å². The van der Waals surface area contributed by atoms with Crippen molar-refractivity contribution < 1.29 is 0 Å². The minimum Gasteiger partial charge on any atom is -0.314 e. The van der Waals surface area contributed by atoms with Crippen molar-refractivity contribution >= 4 is 0 Å². The Hall–Kier alpha value is -0.830. The van der Waals surface area contributed by atoms with Crippen molar-refractivity contribution in [3.05, 3.63) is 18.0 Å². The monoisotopic (exact) mass is 223 g/mol. The van der Waals surface area contributed by atoms with Crippen LogP contribution >= 0.6 is 0 Å². The van der Waals surface area contributed by atoms with Crippen LogP contribution < -0.4 is 5.32 Å². The summed E-state index contributed by atoms with van der Waals surface area (Å²) < 4.78 is 1.88. The van der Waals surface area contributed by atoms with Gasteiger partial charge in [-0.2, -0.15) is 5.10 Å². The molecule has 0 spiro atoms. The van der Waals surface area contributed by atoms with Gasteiger partial charge in [-0.15, -0.1) is 0 Å². The van der Waals surface area contributed by atoms with E-state index in [-0.39, 0.29) is 0 Å². The van der Waals surface area contributed by atoms with Gasteiger partial charge in [0.15, 0.2) is 0 Å². The second-order valence-corrected chi connectivity index (χ2v) is 4.60. The number of rotatable bonds is 7. The summed E-state index contributed by atoms with van der Waals surface area (Å²) in [6.07, 6.45) is 5.50. The number of nitrogens with one attached hydrogen (secondary N) is 1. The molecule has 3 nitrogen and oxygen atoms in total. The van der Waals surface area contributed by atoms with Crippen LogP contribution in [0.25, 0.3) is 0 Å². The Morgan fingerprint density at radius 2 is 2.19 bits per heavy atom. The summed E-state index contributed by atoms with van der Waals surface area (Å²) >= 11 is 0. The van der Waals surface area contributed by atoms with Crippen molar-refractivity contribution in [1.29, 1.82) is 0 Å². The van der Waals surface area contributed by atoms with Gasteiger partial charge in [-0.05, 0) is 38.3 Å². The van der Waals surface area contributed by atoms with Crippen molar-refractivity contribution in [3.63, 3.8) is 0 Å². The van der Waals surface area contributed by atoms with E-state index in [1.165, 1.54) is 18.5 Å². The number of aromatic nitrogens is 2. The fraction of sp³-hybridized carbons (Fsp3) is 0.769. The second-order valence-electron chi connectivity index (χ2n) is 4.60. The summed E-state index contributed by atoms with van der Waals surface area (Å²) in [4.78, 5) is 0. The summed E-state index contributed by atoms with van der Waals surface area (Å²) in [6, 6.07) is 2.70. The van der Waals surface area contributed by atoms with Crippen LogP contribution in [0, 0.1) is 5.92 Å². The van der Waals surface area contributed by atoms with E-state index >= 15 is 0 Å². The Morgan fingerprint density at radius 3 is 2.69 bits per heavy atom. The third kappa shape index (κ3) is 3.97. The van der Waals surface area contributed by atoms with Crippen molar-refractivity contribution in [3.8, 4) is 0 Å². The average Bonchev–Trinajstić information content (AvgIpc) is 2.68. The maximum atomic E-state index is 4.45. The van der Waals surface area contributed by atoms with Gasteiger partial charge in [0.05, 0.1) is 5.69 Å². The molecule has 0 saturated carbocycles. The lowest BCUT2D eigenvalue weighted by molar-refractivity contribution is 0.359. The number of hydrogen-bond donors (Lipinski definition) is 1. The molecule has 0 aromatic carbocycles. The zero-order chi connectivity index (χ0) is 12.0. The van der Waals surface area contributed by atoms with Crippen molar-refractivity contribution in [2.45, 2.75) is 46.1 Å². The molecule has 2 atom stereocenters. The van der Waals surface area contributed by atoms with Gasteiger partial charge in [-0.3, -0.25) is 4.68 Å². The Labute approximate surface area is 99.2 Å². The molecular weight excluding hydrogens is 198 g/mol. The quantitative estimate of drug-likeness (QED) is 0.769. The van der Waals surface area contributed by atoms with Gasteiger partial charge in [-0.1, -0.05) is 20.3 Å². The Balaban J connectivity index is 2.47. The molecule has 1 aromatic heterocycles. The predicted octanol–water partition coefficient (Wildman–Crippen LogP) is 2.38. The number of hydrogen-bond acceptors (Lipinski definition) is 2. The van der Waals surface area contributed by atoms with E-state index in [2.05, 4.69) is 37.3 Å². The Kier molecular flexibility index (Phi) is 5.53. The van der Waals surface area contributed by atoms with Crippen LogP contribution in [0.4, 0.5) is 0 Å². The van der Waals surface area contributed by atoms with Gasteiger partial charge in [0.25, 0.3) is 0 Å². The van der Waals surface area contributed by atoms with E-state index in [1.807, 2.05) is 17.9 Å². The van der Waals surface area contributed by atoms with Crippen molar-refractivity contribution in [1.82, 2.24) is 15.1 Å². The van der Waals surface area contributed by atoms with E-state index in [4.69, 9.17) is 0 Å². The van der Waals surface area contributed by atoms with E-state index in [0.29, 0.717) is 12.0 Å². The van der Waals surface area contributed by atoms with Crippen LogP contribution in [0.5, 0.6) is 0 Å². The summed E-state index contributed by atoms with van der Waals surface area (Å²) in [7, 11) is 1.98. The summed E-state index contributed by atoms with van der Waals surface area (Å²) in [5.41, 5.74) is 1.21. The van der Waals surface area contributed by atoms with E-state index in [0.717, 1.165) is 13.0 Å². The van der Waals surface area contributed by atoms with Crippen LogP contribution in [0.3, 0.4) is 0 Å². The van der Waals surface area contributed by atoms with Gasteiger partial charge >= 0.3 is 0 Å². The summed E-state index contributed by atoms with van der Waals surface area (Å²) in [5.74, 6) is 0.682. The van der Waals surface area contributed by atoms with Gasteiger partial charge in [0.1, 0.15) is 0 Å². The first-order valence-electron chi connectivity index (χ1n) is 6.39. The molecule has 1 rings (SSSR count). The molecule has 0 saturated heterocycles. The first-order valence-corrected chi connectivity index (χ1v) is 6.39. The molecule has 2 unspecified atom stereocenters. The average molecular weight is 223 g/mol. The van der Waals surface area contributed by atoms with Gasteiger partial charge in [0, 0.05) is 19.3 Å². The molecule has 16 heavy (non-hydrogen) atoms. The minimum absolute atomic E-state index is 0.576. The highest BCUT2D eigenvalue weighted by atomic mass is 15.2. The standard InChI is InChI=1S/C13H25N3/c1-5-8-14-11(3)12(6-2)10-13-7-9-16(4)15-13/h7,9,11-12,14H,5-6,8,10H2,1-4H3. The first-order chi connectivity index (χ1) is 7.67.